The van der Waals surface area contributed by atoms with E-state index in [1.807, 2.05) is 0 Å². The van der Waals surface area contributed by atoms with Crippen molar-refractivity contribution in [2.24, 2.45) is 0 Å². The molecule has 0 bridgehead atoms. The van der Waals surface area contributed by atoms with E-state index in [4.69, 9.17) is 16.6 Å². The normalized spacial score (nSPS) is 15.2. The second-order valence-corrected chi connectivity index (χ2v) is 7.08. The molecule has 3 heterocycles. The van der Waals surface area contributed by atoms with E-state index >= 15 is 0 Å². The monoisotopic (exact) mass is 380 g/mol. The summed E-state index contributed by atoms with van der Waals surface area (Å²) in [5.74, 6) is 5.91. The summed E-state index contributed by atoms with van der Waals surface area (Å²) in [6.45, 7) is 0. The number of amides is 1. The SMILES string of the molecule is O=C1NC(=S)S/C1=C\c1cc2cncc(C#Cc3ccc(F)cc3)c2o1. The van der Waals surface area contributed by atoms with Gasteiger partial charge in [-0.3, -0.25) is 9.78 Å². The van der Waals surface area contributed by atoms with E-state index < -0.39 is 0 Å². The lowest BCUT2D eigenvalue weighted by molar-refractivity contribution is -0.115. The van der Waals surface area contributed by atoms with Gasteiger partial charge < -0.3 is 9.73 Å². The fraction of sp³-hybridized carbons (Fsp3) is 0. The number of nitrogens with zero attached hydrogens (tertiary/aromatic N) is 1. The van der Waals surface area contributed by atoms with E-state index in [2.05, 4.69) is 22.1 Å². The first-order valence-electron chi connectivity index (χ1n) is 7.48. The molecule has 2 aromatic heterocycles. The molecule has 1 saturated heterocycles. The maximum absolute atomic E-state index is 13.0. The summed E-state index contributed by atoms with van der Waals surface area (Å²) in [4.78, 5) is 16.4. The number of halogens is 1. The number of carbonyl (C=O) groups excluding carboxylic acids is 1. The molecule has 0 unspecified atom stereocenters. The summed E-state index contributed by atoms with van der Waals surface area (Å²) in [7, 11) is 0. The summed E-state index contributed by atoms with van der Waals surface area (Å²) < 4.78 is 19.2. The Labute approximate surface area is 157 Å². The molecule has 0 radical (unpaired) electrons. The Morgan fingerprint density at radius 1 is 1.23 bits per heavy atom. The van der Waals surface area contributed by atoms with Gasteiger partial charge in [-0.15, -0.1) is 0 Å². The summed E-state index contributed by atoms with van der Waals surface area (Å²) in [5.41, 5.74) is 1.87. The van der Waals surface area contributed by atoms with Crippen LogP contribution in [0.5, 0.6) is 0 Å². The zero-order valence-electron chi connectivity index (χ0n) is 13.1. The predicted octanol–water partition coefficient (Wildman–Crippen LogP) is 3.86. The van der Waals surface area contributed by atoms with Crippen LogP contribution in [0.15, 0.2) is 52.0 Å². The first-order chi connectivity index (χ1) is 12.6. The second-order valence-electron chi connectivity index (χ2n) is 5.36. The minimum Gasteiger partial charge on any atom is -0.455 e. The number of aromatic nitrogens is 1. The van der Waals surface area contributed by atoms with E-state index in [-0.39, 0.29) is 11.7 Å². The number of carbonyl (C=O) groups is 1. The van der Waals surface area contributed by atoms with Gasteiger partial charge in [-0.05, 0) is 30.3 Å². The van der Waals surface area contributed by atoms with Crippen molar-refractivity contribution >= 4 is 51.3 Å². The van der Waals surface area contributed by atoms with Crippen molar-refractivity contribution in [3.8, 4) is 11.8 Å². The summed E-state index contributed by atoms with van der Waals surface area (Å²) >= 11 is 6.16. The highest BCUT2D eigenvalue weighted by molar-refractivity contribution is 8.26. The second kappa shape index (κ2) is 6.75. The van der Waals surface area contributed by atoms with Crippen LogP contribution in [-0.2, 0) is 4.79 Å². The van der Waals surface area contributed by atoms with Crippen molar-refractivity contribution in [3.63, 3.8) is 0 Å². The van der Waals surface area contributed by atoms with Gasteiger partial charge in [-0.2, -0.15) is 0 Å². The van der Waals surface area contributed by atoms with Gasteiger partial charge in [0.1, 0.15) is 15.9 Å². The van der Waals surface area contributed by atoms with E-state index in [0.717, 1.165) is 5.39 Å². The van der Waals surface area contributed by atoms with Crippen molar-refractivity contribution in [3.05, 3.63) is 70.3 Å². The predicted molar refractivity (Wildman–Crippen MR) is 103 cm³/mol. The van der Waals surface area contributed by atoms with Gasteiger partial charge in [-0.1, -0.05) is 35.8 Å². The number of thioether (sulfide) groups is 1. The number of rotatable bonds is 1. The van der Waals surface area contributed by atoms with Gasteiger partial charge in [0.2, 0.25) is 0 Å². The highest BCUT2D eigenvalue weighted by Crippen LogP contribution is 2.29. The molecule has 3 aromatic rings. The number of benzene rings is 1. The molecule has 1 aliphatic heterocycles. The molecule has 1 fully saturated rings. The summed E-state index contributed by atoms with van der Waals surface area (Å²) in [5, 5.41) is 3.33. The molecule has 1 N–H and O–H groups in total. The molecule has 4 rings (SSSR count). The molecule has 0 saturated carbocycles. The Hall–Kier alpha value is -2.95. The van der Waals surface area contributed by atoms with Crippen molar-refractivity contribution in [2.45, 2.75) is 0 Å². The Morgan fingerprint density at radius 3 is 2.77 bits per heavy atom. The van der Waals surface area contributed by atoms with Crippen LogP contribution in [0.1, 0.15) is 16.9 Å². The molecule has 7 heteroatoms. The molecule has 0 atom stereocenters. The van der Waals surface area contributed by atoms with E-state index in [0.29, 0.717) is 31.7 Å². The fourth-order valence-corrected chi connectivity index (χ4v) is 3.39. The number of pyridine rings is 1. The Bertz CT molecular complexity index is 1140. The van der Waals surface area contributed by atoms with Crippen LogP contribution in [0.2, 0.25) is 0 Å². The lowest BCUT2D eigenvalue weighted by Gasteiger charge is -1.93. The van der Waals surface area contributed by atoms with Crippen molar-refractivity contribution in [2.75, 3.05) is 0 Å². The molecule has 1 aromatic carbocycles. The standard InChI is InChI=1S/C19H9FN2O2S2/c20-14-5-2-11(3-6-14)1-4-12-9-21-10-13-7-15(24-17(12)13)8-16-18(23)22-19(25)26-16/h2-3,5-10H,(H,22,23,25)/b16-8-. The average molecular weight is 380 g/mol. The highest BCUT2D eigenvalue weighted by Gasteiger charge is 2.22. The third-order valence-corrected chi connectivity index (χ3v) is 4.71. The highest BCUT2D eigenvalue weighted by atomic mass is 32.2. The van der Waals surface area contributed by atoms with Crippen molar-refractivity contribution in [1.29, 1.82) is 0 Å². The molecule has 126 valence electrons. The van der Waals surface area contributed by atoms with Gasteiger partial charge in [0.25, 0.3) is 5.91 Å². The first-order valence-corrected chi connectivity index (χ1v) is 8.71. The molecule has 1 amide bonds. The Kier molecular flexibility index (Phi) is 4.29. The van der Waals surface area contributed by atoms with Crippen LogP contribution in [0.25, 0.3) is 17.0 Å². The van der Waals surface area contributed by atoms with E-state index in [9.17, 15) is 9.18 Å². The quantitative estimate of drug-likeness (QED) is 0.395. The van der Waals surface area contributed by atoms with Crippen LogP contribution in [0, 0.1) is 17.7 Å². The molecule has 1 aliphatic rings. The number of hydrogen-bond acceptors (Lipinski definition) is 5. The smallest absolute Gasteiger partial charge is 0.263 e. The lowest BCUT2D eigenvalue weighted by Crippen LogP contribution is -2.17. The van der Waals surface area contributed by atoms with Gasteiger partial charge in [-0.25, -0.2) is 4.39 Å². The third kappa shape index (κ3) is 3.38. The van der Waals surface area contributed by atoms with Crippen LogP contribution in [-0.4, -0.2) is 15.2 Å². The van der Waals surface area contributed by atoms with Crippen LogP contribution in [0.4, 0.5) is 4.39 Å². The number of thiocarbonyl (C=S) groups is 1. The van der Waals surface area contributed by atoms with Crippen LogP contribution >= 0.6 is 24.0 Å². The zero-order chi connectivity index (χ0) is 18.1. The Morgan fingerprint density at radius 2 is 2.04 bits per heavy atom. The van der Waals surface area contributed by atoms with E-state index in [1.165, 1.54) is 23.9 Å². The number of hydrogen-bond donors (Lipinski definition) is 1. The molecule has 0 aliphatic carbocycles. The van der Waals surface area contributed by atoms with Crippen molar-refractivity contribution < 1.29 is 13.6 Å². The molecule has 0 spiro atoms. The molecule has 4 nitrogen and oxygen atoms in total. The van der Waals surface area contributed by atoms with Crippen LogP contribution in [0.3, 0.4) is 0 Å². The summed E-state index contributed by atoms with van der Waals surface area (Å²) in [6, 6.07) is 7.70. The minimum atomic E-state index is -0.309. The van der Waals surface area contributed by atoms with Gasteiger partial charge in [0.15, 0.2) is 5.58 Å². The Balaban J connectivity index is 1.70. The van der Waals surface area contributed by atoms with Crippen LogP contribution < -0.4 is 5.32 Å². The average Bonchev–Trinajstić information content (AvgIpc) is 3.17. The zero-order valence-corrected chi connectivity index (χ0v) is 14.7. The van der Waals surface area contributed by atoms with Crippen molar-refractivity contribution in [1.82, 2.24) is 10.3 Å². The lowest BCUT2D eigenvalue weighted by atomic mass is 10.2. The summed E-state index contributed by atoms with van der Waals surface area (Å²) in [6.07, 6.45) is 4.90. The third-order valence-electron chi connectivity index (χ3n) is 3.54. The topological polar surface area (TPSA) is 55.1 Å². The van der Waals surface area contributed by atoms with Gasteiger partial charge >= 0.3 is 0 Å². The number of fused-ring (bicyclic) bond motifs is 1. The van der Waals surface area contributed by atoms with Gasteiger partial charge in [0, 0.05) is 29.4 Å². The molecular weight excluding hydrogens is 371 g/mol. The van der Waals surface area contributed by atoms with E-state index in [1.54, 1.807) is 36.7 Å². The maximum Gasteiger partial charge on any atom is 0.263 e. The minimum absolute atomic E-state index is 0.241. The first kappa shape index (κ1) is 16.5. The molecular formula is C19H9FN2O2S2. The largest absolute Gasteiger partial charge is 0.455 e. The van der Waals surface area contributed by atoms with Gasteiger partial charge in [0.05, 0.1) is 10.5 Å². The fourth-order valence-electron chi connectivity index (χ4n) is 2.37. The molecule has 26 heavy (non-hydrogen) atoms. The number of furan rings is 1. The number of nitrogens with one attached hydrogen (secondary N) is 1. The maximum atomic E-state index is 13.0.